The summed E-state index contributed by atoms with van der Waals surface area (Å²) >= 11 is 1.56. The molecular weight excluding hydrogens is 234 g/mol. The number of hydrogen-bond donors (Lipinski definition) is 0. The van der Waals surface area contributed by atoms with Gasteiger partial charge in [-0.3, -0.25) is 0 Å². The minimum absolute atomic E-state index is 0.443. The van der Waals surface area contributed by atoms with Gasteiger partial charge in [0.15, 0.2) is 0 Å². The number of hydrogen-bond acceptors (Lipinski definition) is 4. The van der Waals surface area contributed by atoms with Gasteiger partial charge >= 0.3 is 5.97 Å². The Balaban J connectivity index is 2.04. The Labute approximate surface area is 103 Å². The highest BCUT2D eigenvalue weighted by molar-refractivity contribution is 7.12. The Morgan fingerprint density at radius 3 is 2.59 bits per heavy atom. The Kier molecular flexibility index (Phi) is 3.67. The molecule has 3 nitrogen and oxygen atoms in total. The number of benzene rings is 1. The molecule has 0 fully saturated rings. The van der Waals surface area contributed by atoms with Crippen molar-refractivity contribution in [1.29, 1.82) is 0 Å². The summed E-state index contributed by atoms with van der Waals surface area (Å²) in [6.45, 7) is 1.81. The smallest absolute Gasteiger partial charge is 0.313 e. The predicted octanol–water partition coefficient (Wildman–Crippen LogP) is 3.33. The molecule has 1 heterocycles. The first-order valence-electron chi connectivity index (χ1n) is 5.12. The Bertz CT molecular complexity index is 518. The number of carbonyl (C=O) groups is 1. The topological polar surface area (TPSA) is 38.7 Å². The van der Waals surface area contributed by atoms with Crippen LogP contribution in [0.1, 0.15) is 22.2 Å². The third-order valence-corrected chi connectivity index (χ3v) is 3.13. The molecule has 0 aliphatic rings. The standard InChI is InChI=1S/C13H11NO2S/c1-10(12-8-5-9-17-12)14-16-13(15)11-6-3-2-4-7-11/h2-9H,1H3. The monoisotopic (exact) mass is 245 g/mol. The number of carbonyl (C=O) groups excluding carboxylic acids is 1. The Morgan fingerprint density at radius 2 is 1.94 bits per heavy atom. The number of thiophene rings is 1. The molecule has 0 aliphatic heterocycles. The first-order chi connectivity index (χ1) is 8.27. The van der Waals surface area contributed by atoms with Crippen molar-refractivity contribution < 1.29 is 9.63 Å². The van der Waals surface area contributed by atoms with Crippen LogP contribution in [0.2, 0.25) is 0 Å². The summed E-state index contributed by atoms with van der Waals surface area (Å²) in [5.41, 5.74) is 1.19. The summed E-state index contributed by atoms with van der Waals surface area (Å²) in [6.07, 6.45) is 0. The van der Waals surface area contributed by atoms with Crippen LogP contribution in [-0.2, 0) is 4.84 Å². The van der Waals surface area contributed by atoms with E-state index in [9.17, 15) is 4.79 Å². The molecule has 17 heavy (non-hydrogen) atoms. The second kappa shape index (κ2) is 5.41. The minimum atomic E-state index is -0.443. The maximum absolute atomic E-state index is 11.6. The third-order valence-electron chi connectivity index (χ3n) is 2.15. The van der Waals surface area contributed by atoms with E-state index >= 15 is 0 Å². The maximum Gasteiger partial charge on any atom is 0.365 e. The molecule has 0 unspecified atom stereocenters. The van der Waals surface area contributed by atoms with Crippen LogP contribution in [0.5, 0.6) is 0 Å². The van der Waals surface area contributed by atoms with E-state index in [1.165, 1.54) is 0 Å². The van der Waals surface area contributed by atoms with Crippen molar-refractivity contribution in [2.45, 2.75) is 6.92 Å². The molecule has 1 aromatic carbocycles. The molecule has 0 N–H and O–H groups in total. The maximum atomic E-state index is 11.6. The summed E-state index contributed by atoms with van der Waals surface area (Å²) in [6, 6.07) is 12.7. The van der Waals surface area contributed by atoms with Gasteiger partial charge in [0.25, 0.3) is 0 Å². The van der Waals surface area contributed by atoms with Gasteiger partial charge in [-0.25, -0.2) is 4.79 Å². The SMILES string of the molecule is CC(=NOC(=O)c1ccccc1)c1cccs1. The molecule has 0 saturated carbocycles. The average Bonchev–Trinajstić information content (AvgIpc) is 2.90. The molecule has 0 aliphatic carbocycles. The van der Waals surface area contributed by atoms with Crippen molar-refractivity contribution in [1.82, 2.24) is 0 Å². The summed E-state index contributed by atoms with van der Waals surface area (Å²) in [5, 5.41) is 5.77. The quantitative estimate of drug-likeness (QED) is 0.472. The lowest BCUT2D eigenvalue weighted by molar-refractivity contribution is 0.0516. The highest BCUT2D eigenvalue weighted by Crippen LogP contribution is 2.10. The third kappa shape index (κ3) is 3.01. The minimum Gasteiger partial charge on any atom is -0.313 e. The highest BCUT2D eigenvalue weighted by atomic mass is 32.1. The Morgan fingerprint density at radius 1 is 1.18 bits per heavy atom. The van der Waals surface area contributed by atoms with Gasteiger partial charge in [0, 0.05) is 0 Å². The summed E-state index contributed by atoms with van der Waals surface area (Å²) in [5.74, 6) is -0.443. The lowest BCUT2D eigenvalue weighted by atomic mass is 10.2. The molecule has 0 atom stereocenters. The second-order valence-corrected chi connectivity index (χ2v) is 4.35. The van der Waals surface area contributed by atoms with E-state index < -0.39 is 5.97 Å². The molecule has 0 amide bonds. The normalized spacial score (nSPS) is 11.2. The van der Waals surface area contributed by atoms with Gasteiger partial charge in [-0.2, -0.15) is 0 Å². The molecule has 2 rings (SSSR count). The van der Waals surface area contributed by atoms with Crippen LogP contribution in [0.4, 0.5) is 0 Å². The summed E-state index contributed by atoms with van der Waals surface area (Å²) in [4.78, 5) is 17.5. The van der Waals surface area contributed by atoms with Gasteiger partial charge in [0.2, 0.25) is 0 Å². The van der Waals surface area contributed by atoms with Crippen molar-refractivity contribution in [2.75, 3.05) is 0 Å². The van der Waals surface area contributed by atoms with Gasteiger partial charge in [0.1, 0.15) is 0 Å². The zero-order valence-electron chi connectivity index (χ0n) is 9.29. The highest BCUT2D eigenvalue weighted by Gasteiger charge is 2.06. The molecule has 4 heteroatoms. The van der Waals surface area contributed by atoms with E-state index in [-0.39, 0.29) is 0 Å². The molecule has 86 valence electrons. The fourth-order valence-electron chi connectivity index (χ4n) is 1.27. The van der Waals surface area contributed by atoms with Crippen LogP contribution in [-0.4, -0.2) is 11.7 Å². The van der Waals surface area contributed by atoms with Crippen LogP contribution in [0.3, 0.4) is 0 Å². The number of rotatable bonds is 3. The van der Waals surface area contributed by atoms with Crippen LogP contribution in [0, 0.1) is 0 Å². The molecule has 1 aromatic heterocycles. The van der Waals surface area contributed by atoms with Crippen molar-refractivity contribution in [2.24, 2.45) is 5.16 Å². The lowest BCUT2D eigenvalue weighted by Gasteiger charge is -1.98. The zero-order chi connectivity index (χ0) is 12.1. The van der Waals surface area contributed by atoms with Gasteiger partial charge in [0.05, 0.1) is 16.2 Å². The summed E-state index contributed by atoms with van der Waals surface area (Å²) < 4.78 is 0. The number of oxime groups is 1. The van der Waals surface area contributed by atoms with Crippen LogP contribution < -0.4 is 0 Å². The zero-order valence-corrected chi connectivity index (χ0v) is 10.1. The van der Waals surface area contributed by atoms with Crippen LogP contribution >= 0.6 is 11.3 Å². The van der Waals surface area contributed by atoms with Gasteiger partial charge in [-0.15, -0.1) is 11.3 Å². The first-order valence-corrected chi connectivity index (χ1v) is 6.00. The molecule has 0 spiro atoms. The largest absolute Gasteiger partial charge is 0.365 e. The van der Waals surface area contributed by atoms with Crippen molar-refractivity contribution in [3.63, 3.8) is 0 Å². The van der Waals surface area contributed by atoms with Gasteiger partial charge in [-0.05, 0) is 30.5 Å². The molecular formula is C13H11NO2S. The second-order valence-electron chi connectivity index (χ2n) is 3.40. The molecule has 2 aromatic rings. The lowest BCUT2D eigenvalue weighted by Crippen LogP contribution is -2.02. The molecule has 0 saturated heterocycles. The van der Waals surface area contributed by atoms with Crippen molar-refractivity contribution >= 4 is 23.0 Å². The predicted molar refractivity (Wildman–Crippen MR) is 68.4 cm³/mol. The fourth-order valence-corrected chi connectivity index (χ4v) is 1.93. The summed E-state index contributed by atoms with van der Waals surface area (Å²) in [7, 11) is 0. The van der Waals surface area contributed by atoms with E-state index in [2.05, 4.69) is 5.16 Å². The van der Waals surface area contributed by atoms with Crippen LogP contribution in [0.15, 0.2) is 53.0 Å². The van der Waals surface area contributed by atoms with E-state index in [1.54, 1.807) is 35.6 Å². The van der Waals surface area contributed by atoms with Crippen LogP contribution in [0.25, 0.3) is 0 Å². The first kappa shape index (κ1) is 11.5. The van der Waals surface area contributed by atoms with Crippen molar-refractivity contribution in [3.8, 4) is 0 Å². The number of nitrogens with zero attached hydrogens (tertiary/aromatic N) is 1. The van der Waals surface area contributed by atoms with E-state index in [0.717, 1.165) is 4.88 Å². The molecule has 0 bridgehead atoms. The average molecular weight is 245 g/mol. The van der Waals surface area contributed by atoms with Gasteiger partial charge in [-0.1, -0.05) is 29.4 Å². The van der Waals surface area contributed by atoms with Crippen molar-refractivity contribution in [3.05, 3.63) is 58.3 Å². The fraction of sp³-hybridized carbons (Fsp3) is 0.0769. The van der Waals surface area contributed by atoms with E-state index in [0.29, 0.717) is 11.3 Å². The van der Waals surface area contributed by atoms with E-state index in [4.69, 9.17) is 4.84 Å². The van der Waals surface area contributed by atoms with Gasteiger partial charge < -0.3 is 4.84 Å². The Hall–Kier alpha value is -1.94. The van der Waals surface area contributed by atoms with E-state index in [1.807, 2.05) is 30.5 Å². The molecule has 0 radical (unpaired) electrons.